The van der Waals surface area contributed by atoms with Crippen LogP contribution in [0, 0.1) is 0 Å². The molecule has 0 aliphatic heterocycles. The van der Waals surface area contributed by atoms with Crippen molar-refractivity contribution in [1.29, 1.82) is 0 Å². The number of carbonyl (C=O) groups is 1. The van der Waals surface area contributed by atoms with Gasteiger partial charge in [0.1, 0.15) is 6.61 Å². The quantitative estimate of drug-likeness (QED) is 0.746. The molecule has 1 aromatic carbocycles. The van der Waals surface area contributed by atoms with E-state index in [1.54, 1.807) is 11.3 Å². The molecule has 8 heteroatoms. The number of halogens is 3. The van der Waals surface area contributed by atoms with Crippen LogP contribution in [0.2, 0.25) is 0 Å². The number of aromatic nitrogens is 1. The van der Waals surface area contributed by atoms with Crippen molar-refractivity contribution in [2.45, 2.75) is 25.4 Å². The minimum Gasteiger partial charge on any atom is -0.372 e. The number of benzene rings is 1. The van der Waals surface area contributed by atoms with Gasteiger partial charge in [-0.1, -0.05) is 12.1 Å². The summed E-state index contributed by atoms with van der Waals surface area (Å²) in [4.78, 5) is 16.1. The molecule has 0 aliphatic rings. The number of thiazole rings is 1. The summed E-state index contributed by atoms with van der Waals surface area (Å²) in [5.41, 5.74) is 0.926. The van der Waals surface area contributed by atoms with Gasteiger partial charge in [0.15, 0.2) is 0 Å². The predicted molar refractivity (Wildman–Crippen MR) is 82.4 cm³/mol. The molecular weight excluding hydrogens is 329 g/mol. The third-order valence-electron chi connectivity index (χ3n) is 2.96. The first-order valence-electron chi connectivity index (χ1n) is 7.20. The van der Waals surface area contributed by atoms with Crippen molar-refractivity contribution in [2.75, 3.05) is 19.8 Å². The molecule has 4 nitrogen and oxygen atoms in total. The first-order valence-corrected chi connectivity index (χ1v) is 8.01. The number of rotatable bonds is 8. The summed E-state index contributed by atoms with van der Waals surface area (Å²) in [6.45, 7) is -0.979. The van der Waals surface area contributed by atoms with Gasteiger partial charge < -0.3 is 10.1 Å². The number of nitrogens with zero attached hydrogens (tertiary/aromatic N) is 1. The largest absolute Gasteiger partial charge is 0.411 e. The molecule has 1 N–H and O–H groups in total. The predicted octanol–water partition coefficient (Wildman–Crippen LogP) is 3.31. The number of ether oxygens (including phenoxy) is 1. The molecule has 0 unspecified atom stereocenters. The summed E-state index contributed by atoms with van der Waals surface area (Å²) in [5, 5.41) is 3.56. The Bertz CT molecular complexity index is 610. The lowest BCUT2D eigenvalue weighted by atomic mass is 10.3. The Labute approximate surface area is 135 Å². The number of nitrogens with one attached hydrogen (secondary N) is 1. The molecule has 0 saturated heterocycles. The van der Waals surface area contributed by atoms with Crippen LogP contribution in [0.3, 0.4) is 0 Å². The molecule has 2 aromatic rings. The van der Waals surface area contributed by atoms with Crippen LogP contribution in [-0.2, 0) is 16.0 Å². The molecule has 126 valence electrons. The monoisotopic (exact) mass is 346 g/mol. The summed E-state index contributed by atoms with van der Waals surface area (Å²) in [6.07, 6.45) is -3.09. The Morgan fingerprint density at radius 2 is 2.09 bits per heavy atom. The fourth-order valence-corrected chi connectivity index (χ4v) is 2.89. The van der Waals surface area contributed by atoms with Crippen molar-refractivity contribution >= 4 is 27.5 Å². The second-order valence-electron chi connectivity index (χ2n) is 4.95. The smallest absolute Gasteiger partial charge is 0.372 e. The number of hydrogen-bond donors (Lipinski definition) is 1. The first kappa shape index (κ1) is 17.7. The molecule has 2 rings (SSSR count). The van der Waals surface area contributed by atoms with Gasteiger partial charge in [0.25, 0.3) is 0 Å². The zero-order chi connectivity index (χ0) is 16.7. The summed E-state index contributed by atoms with van der Waals surface area (Å²) < 4.78 is 41.0. The third-order valence-corrected chi connectivity index (χ3v) is 4.05. The molecule has 0 radical (unpaired) electrons. The standard InChI is InChI=1S/C15H17F3N2O2S/c16-15(17,18)10-22-9-3-8-19-13(21)6-7-14-20-11-4-1-2-5-12(11)23-14/h1-2,4-5H,3,6-10H2,(H,19,21). The fraction of sp³-hybridized carbons (Fsp3) is 0.467. The average molecular weight is 346 g/mol. The van der Waals surface area contributed by atoms with Gasteiger partial charge >= 0.3 is 6.18 Å². The maximum absolute atomic E-state index is 11.8. The number of aryl methyl sites for hydroxylation is 1. The van der Waals surface area contributed by atoms with Crippen LogP contribution >= 0.6 is 11.3 Å². The second-order valence-corrected chi connectivity index (χ2v) is 6.06. The van der Waals surface area contributed by atoms with Gasteiger partial charge in [-0.25, -0.2) is 4.98 Å². The summed E-state index contributed by atoms with van der Waals surface area (Å²) >= 11 is 1.56. The van der Waals surface area contributed by atoms with Gasteiger partial charge in [-0.15, -0.1) is 11.3 Å². The lowest BCUT2D eigenvalue weighted by Crippen LogP contribution is -2.26. The maximum Gasteiger partial charge on any atom is 0.411 e. The van der Waals surface area contributed by atoms with E-state index in [0.717, 1.165) is 15.2 Å². The number of para-hydroxylation sites is 1. The van der Waals surface area contributed by atoms with Crippen LogP contribution in [0.4, 0.5) is 13.2 Å². The molecule has 0 spiro atoms. The van der Waals surface area contributed by atoms with Gasteiger partial charge in [0.05, 0.1) is 15.2 Å². The van der Waals surface area contributed by atoms with E-state index in [1.165, 1.54) is 0 Å². The number of fused-ring (bicyclic) bond motifs is 1. The molecule has 23 heavy (non-hydrogen) atoms. The molecule has 0 aliphatic carbocycles. The van der Waals surface area contributed by atoms with Crippen LogP contribution < -0.4 is 5.32 Å². The Morgan fingerprint density at radius 1 is 1.30 bits per heavy atom. The van der Waals surface area contributed by atoms with Crippen LogP contribution in [0.5, 0.6) is 0 Å². The lowest BCUT2D eigenvalue weighted by molar-refractivity contribution is -0.174. The first-order chi connectivity index (χ1) is 10.9. The van der Waals surface area contributed by atoms with Crippen molar-refractivity contribution in [3.8, 4) is 0 Å². The van der Waals surface area contributed by atoms with Gasteiger partial charge in [-0.05, 0) is 18.6 Å². The Balaban J connectivity index is 1.60. The summed E-state index contributed by atoms with van der Waals surface area (Å²) in [6, 6.07) is 7.77. The number of hydrogen-bond acceptors (Lipinski definition) is 4. The highest BCUT2D eigenvalue weighted by molar-refractivity contribution is 7.18. The van der Waals surface area contributed by atoms with E-state index in [1.807, 2.05) is 24.3 Å². The number of alkyl halides is 3. The van der Waals surface area contributed by atoms with Crippen molar-refractivity contribution < 1.29 is 22.7 Å². The normalized spacial score (nSPS) is 11.8. The Hall–Kier alpha value is -1.67. The van der Waals surface area contributed by atoms with E-state index in [-0.39, 0.29) is 12.5 Å². The van der Waals surface area contributed by atoms with Gasteiger partial charge in [-0.2, -0.15) is 13.2 Å². The van der Waals surface area contributed by atoms with Crippen molar-refractivity contribution in [1.82, 2.24) is 10.3 Å². The van der Waals surface area contributed by atoms with Gasteiger partial charge in [0, 0.05) is 26.0 Å². The lowest BCUT2D eigenvalue weighted by Gasteiger charge is -2.08. The molecular formula is C15H17F3N2O2S. The maximum atomic E-state index is 11.8. The number of carbonyl (C=O) groups excluding carboxylic acids is 1. The Kier molecular flexibility index (Phi) is 6.35. The summed E-state index contributed by atoms with van der Waals surface area (Å²) in [7, 11) is 0. The highest BCUT2D eigenvalue weighted by Gasteiger charge is 2.27. The molecule has 1 amide bonds. The van der Waals surface area contributed by atoms with E-state index in [9.17, 15) is 18.0 Å². The molecule has 1 aromatic heterocycles. The zero-order valence-corrected chi connectivity index (χ0v) is 13.2. The van der Waals surface area contributed by atoms with Gasteiger partial charge in [0.2, 0.25) is 5.91 Å². The van der Waals surface area contributed by atoms with Crippen LogP contribution in [0.25, 0.3) is 10.2 Å². The highest BCUT2D eigenvalue weighted by Crippen LogP contribution is 2.22. The third kappa shape index (κ3) is 6.54. The minimum atomic E-state index is -4.31. The second kappa shape index (κ2) is 8.26. The minimum absolute atomic E-state index is 0.0301. The fourth-order valence-electron chi connectivity index (χ4n) is 1.93. The Morgan fingerprint density at radius 3 is 2.83 bits per heavy atom. The van der Waals surface area contributed by atoms with Gasteiger partial charge in [-0.3, -0.25) is 4.79 Å². The van der Waals surface area contributed by atoms with E-state index in [4.69, 9.17) is 0 Å². The average Bonchev–Trinajstić information content (AvgIpc) is 2.90. The molecule has 0 saturated carbocycles. The van der Waals surface area contributed by atoms with E-state index < -0.39 is 12.8 Å². The van der Waals surface area contributed by atoms with E-state index >= 15 is 0 Å². The van der Waals surface area contributed by atoms with Crippen LogP contribution in [0.1, 0.15) is 17.8 Å². The van der Waals surface area contributed by atoms with Crippen molar-refractivity contribution in [3.05, 3.63) is 29.3 Å². The summed E-state index contributed by atoms with van der Waals surface area (Å²) in [5.74, 6) is -0.139. The van der Waals surface area contributed by atoms with Crippen molar-refractivity contribution in [3.63, 3.8) is 0 Å². The van der Waals surface area contributed by atoms with E-state index in [0.29, 0.717) is 25.8 Å². The molecule has 0 fully saturated rings. The van der Waals surface area contributed by atoms with E-state index in [2.05, 4.69) is 15.0 Å². The highest BCUT2D eigenvalue weighted by atomic mass is 32.1. The zero-order valence-electron chi connectivity index (χ0n) is 12.4. The molecule has 0 atom stereocenters. The van der Waals surface area contributed by atoms with Crippen molar-refractivity contribution in [2.24, 2.45) is 0 Å². The molecule has 0 bridgehead atoms. The SMILES string of the molecule is O=C(CCc1nc2ccccc2s1)NCCCOCC(F)(F)F. The van der Waals surface area contributed by atoms with Crippen LogP contribution in [-0.4, -0.2) is 36.8 Å². The van der Waals surface area contributed by atoms with Crippen LogP contribution in [0.15, 0.2) is 24.3 Å². The topological polar surface area (TPSA) is 51.2 Å². The number of amides is 1. The molecule has 1 heterocycles.